The van der Waals surface area contributed by atoms with Crippen molar-refractivity contribution < 1.29 is 4.42 Å². The van der Waals surface area contributed by atoms with E-state index in [-0.39, 0.29) is 5.56 Å². The maximum absolute atomic E-state index is 12.8. The van der Waals surface area contributed by atoms with E-state index in [1.807, 2.05) is 42.6 Å². The van der Waals surface area contributed by atoms with Crippen LogP contribution in [0.1, 0.15) is 11.1 Å². The van der Waals surface area contributed by atoms with E-state index in [1.165, 1.54) is 22.3 Å². The molecule has 0 unspecified atom stereocenters. The minimum Gasteiger partial charge on any atom is -0.464 e. The highest BCUT2D eigenvalue weighted by Crippen LogP contribution is 2.30. The molecule has 0 aliphatic carbocycles. The van der Waals surface area contributed by atoms with Crippen molar-refractivity contribution in [1.29, 1.82) is 0 Å². The van der Waals surface area contributed by atoms with Crippen molar-refractivity contribution in [1.82, 2.24) is 9.66 Å². The van der Waals surface area contributed by atoms with Gasteiger partial charge in [-0.2, -0.15) is 9.78 Å². The van der Waals surface area contributed by atoms with Gasteiger partial charge in [0, 0.05) is 10.9 Å². The van der Waals surface area contributed by atoms with Crippen LogP contribution in [0, 0.1) is 6.92 Å². The third-order valence-electron chi connectivity index (χ3n) is 3.77. The largest absolute Gasteiger partial charge is 0.464 e. The minimum atomic E-state index is -0.211. The number of fused-ring (bicyclic) bond motifs is 1. The molecule has 0 aliphatic rings. The summed E-state index contributed by atoms with van der Waals surface area (Å²) >= 11 is 1.42. The van der Waals surface area contributed by atoms with Gasteiger partial charge in [-0.1, -0.05) is 24.3 Å². The summed E-state index contributed by atoms with van der Waals surface area (Å²) in [6, 6.07) is 11.5. The van der Waals surface area contributed by atoms with Gasteiger partial charge in [-0.05, 0) is 30.2 Å². The Hall–Kier alpha value is -2.99. The maximum atomic E-state index is 12.8. The molecule has 4 rings (SSSR count). The number of nitrogens with zero attached hydrogens (tertiary/aromatic N) is 3. The molecule has 118 valence electrons. The van der Waals surface area contributed by atoms with Crippen LogP contribution in [0.4, 0.5) is 0 Å². The molecule has 0 saturated carbocycles. The molecule has 1 aromatic carbocycles. The second-order valence-corrected chi connectivity index (χ2v) is 6.16. The summed E-state index contributed by atoms with van der Waals surface area (Å²) in [4.78, 5) is 17.8. The molecule has 0 spiro atoms. The van der Waals surface area contributed by atoms with Crippen LogP contribution in [0.5, 0.6) is 0 Å². The summed E-state index contributed by atoms with van der Waals surface area (Å²) in [5.41, 5.74) is 2.59. The van der Waals surface area contributed by atoms with Crippen LogP contribution < -0.4 is 5.56 Å². The number of thiophene rings is 1. The first-order chi connectivity index (χ1) is 11.7. The number of benzene rings is 1. The second kappa shape index (κ2) is 5.90. The lowest BCUT2D eigenvalue weighted by Gasteiger charge is -2.01. The Labute approximate surface area is 141 Å². The monoisotopic (exact) mass is 335 g/mol. The fraction of sp³-hybridized carbons (Fsp3) is 0.0556. The van der Waals surface area contributed by atoms with Crippen molar-refractivity contribution in [2.75, 3.05) is 0 Å². The molecule has 0 N–H and O–H groups in total. The van der Waals surface area contributed by atoms with Crippen LogP contribution in [0.25, 0.3) is 21.5 Å². The molecule has 0 bridgehead atoms. The molecule has 0 saturated heterocycles. The summed E-state index contributed by atoms with van der Waals surface area (Å²) in [7, 11) is 0. The van der Waals surface area contributed by atoms with Gasteiger partial charge in [-0.3, -0.25) is 4.79 Å². The first kappa shape index (κ1) is 14.6. The fourth-order valence-corrected chi connectivity index (χ4v) is 3.36. The molecular formula is C18H13N3O2S. The molecule has 0 radical (unpaired) electrons. The topological polar surface area (TPSA) is 60.4 Å². The van der Waals surface area contributed by atoms with Gasteiger partial charge in [0.25, 0.3) is 5.56 Å². The van der Waals surface area contributed by atoms with Crippen molar-refractivity contribution in [3.05, 3.63) is 75.8 Å². The highest BCUT2D eigenvalue weighted by molar-refractivity contribution is 7.17. The molecule has 4 aromatic rings. The van der Waals surface area contributed by atoms with Gasteiger partial charge in [0.15, 0.2) is 0 Å². The quantitative estimate of drug-likeness (QED) is 0.533. The lowest BCUT2D eigenvalue weighted by molar-refractivity contribution is 0.583. The molecule has 0 atom stereocenters. The van der Waals surface area contributed by atoms with E-state index < -0.39 is 0 Å². The number of aryl methyl sites for hydroxylation is 1. The van der Waals surface area contributed by atoms with Gasteiger partial charge in [0.1, 0.15) is 16.9 Å². The normalized spacial score (nSPS) is 11.5. The number of hydrogen-bond donors (Lipinski definition) is 0. The number of rotatable bonds is 3. The van der Waals surface area contributed by atoms with Crippen molar-refractivity contribution in [2.45, 2.75) is 6.92 Å². The van der Waals surface area contributed by atoms with Crippen LogP contribution in [0.15, 0.2) is 68.7 Å². The van der Waals surface area contributed by atoms with E-state index in [0.29, 0.717) is 16.0 Å². The van der Waals surface area contributed by atoms with Crippen LogP contribution in [-0.2, 0) is 0 Å². The van der Waals surface area contributed by atoms with Gasteiger partial charge in [-0.15, -0.1) is 11.3 Å². The zero-order chi connectivity index (χ0) is 16.5. The Morgan fingerprint density at radius 3 is 2.92 bits per heavy atom. The van der Waals surface area contributed by atoms with Crippen LogP contribution in [0.2, 0.25) is 0 Å². The Morgan fingerprint density at radius 2 is 2.12 bits per heavy atom. The zero-order valence-corrected chi connectivity index (χ0v) is 13.7. The van der Waals surface area contributed by atoms with Crippen LogP contribution in [-0.4, -0.2) is 15.9 Å². The predicted octanol–water partition coefficient (Wildman–Crippen LogP) is 3.91. The average molecular weight is 335 g/mol. The van der Waals surface area contributed by atoms with Crippen LogP contribution in [0.3, 0.4) is 0 Å². The van der Waals surface area contributed by atoms with Gasteiger partial charge < -0.3 is 4.42 Å². The molecule has 0 amide bonds. The Balaban J connectivity index is 1.83. The lowest BCUT2D eigenvalue weighted by Crippen LogP contribution is -2.16. The fourth-order valence-electron chi connectivity index (χ4n) is 2.47. The summed E-state index contributed by atoms with van der Waals surface area (Å²) in [6.07, 6.45) is 4.70. The highest BCUT2D eigenvalue weighted by Gasteiger charge is 2.14. The molecule has 24 heavy (non-hydrogen) atoms. The molecule has 5 nitrogen and oxygen atoms in total. The second-order valence-electron chi connectivity index (χ2n) is 5.30. The molecule has 0 fully saturated rings. The first-order valence-corrected chi connectivity index (χ1v) is 8.25. The SMILES string of the molecule is Cc1ccccc1/C=N\n1cnc2scc(-c3ccco3)c2c1=O. The Morgan fingerprint density at radius 1 is 1.25 bits per heavy atom. The summed E-state index contributed by atoms with van der Waals surface area (Å²) < 4.78 is 6.68. The first-order valence-electron chi connectivity index (χ1n) is 7.37. The Kier molecular flexibility index (Phi) is 3.59. The van der Waals surface area contributed by atoms with E-state index in [2.05, 4.69) is 10.1 Å². The van der Waals surface area contributed by atoms with Crippen molar-refractivity contribution in [3.8, 4) is 11.3 Å². The van der Waals surface area contributed by atoms with Gasteiger partial charge in [0.2, 0.25) is 0 Å². The number of hydrogen-bond acceptors (Lipinski definition) is 5. The van der Waals surface area contributed by atoms with Crippen molar-refractivity contribution in [2.24, 2.45) is 5.10 Å². The number of furan rings is 1. The standard InChI is InChI=1S/C18H13N3O2S/c1-12-5-2-3-6-13(12)9-20-21-11-19-17-16(18(21)22)14(10-24-17)15-7-4-8-23-15/h2-11H,1H3/b20-9-. The van der Waals surface area contributed by atoms with Crippen molar-refractivity contribution in [3.63, 3.8) is 0 Å². The third-order valence-corrected chi connectivity index (χ3v) is 4.66. The zero-order valence-electron chi connectivity index (χ0n) is 12.8. The van der Waals surface area contributed by atoms with Gasteiger partial charge in [0.05, 0.1) is 17.9 Å². The van der Waals surface area contributed by atoms with Crippen molar-refractivity contribution >= 4 is 27.8 Å². The molecule has 6 heteroatoms. The number of aromatic nitrogens is 2. The van der Waals surface area contributed by atoms with Crippen LogP contribution >= 0.6 is 11.3 Å². The Bertz CT molecular complexity index is 1090. The van der Waals surface area contributed by atoms with Gasteiger partial charge >= 0.3 is 0 Å². The maximum Gasteiger partial charge on any atom is 0.283 e. The average Bonchev–Trinajstić information content (AvgIpc) is 3.25. The van der Waals surface area contributed by atoms with E-state index in [0.717, 1.165) is 16.7 Å². The van der Waals surface area contributed by atoms with E-state index in [4.69, 9.17) is 4.42 Å². The molecular weight excluding hydrogens is 322 g/mol. The lowest BCUT2D eigenvalue weighted by atomic mass is 10.1. The summed E-state index contributed by atoms with van der Waals surface area (Å²) in [5, 5.41) is 6.69. The van der Waals surface area contributed by atoms with Gasteiger partial charge in [-0.25, -0.2) is 4.98 Å². The summed E-state index contributed by atoms with van der Waals surface area (Å²) in [5.74, 6) is 0.654. The predicted molar refractivity (Wildman–Crippen MR) is 95.8 cm³/mol. The summed E-state index contributed by atoms with van der Waals surface area (Å²) in [6.45, 7) is 2.00. The molecule has 0 aliphatic heterocycles. The molecule has 3 heterocycles. The highest BCUT2D eigenvalue weighted by atomic mass is 32.1. The smallest absolute Gasteiger partial charge is 0.283 e. The van der Waals surface area contributed by atoms with E-state index in [9.17, 15) is 4.79 Å². The third kappa shape index (κ3) is 2.47. The van der Waals surface area contributed by atoms with E-state index in [1.54, 1.807) is 18.5 Å². The molecule has 3 aromatic heterocycles. The van der Waals surface area contributed by atoms with E-state index >= 15 is 0 Å². The minimum absolute atomic E-state index is 0.211.